The molecule has 0 bridgehead atoms. The number of anilines is 2. The minimum atomic E-state index is -3.19. The van der Waals surface area contributed by atoms with E-state index in [4.69, 9.17) is 4.74 Å². The van der Waals surface area contributed by atoms with Crippen LogP contribution >= 0.6 is 0 Å². The Morgan fingerprint density at radius 1 is 1.00 bits per heavy atom. The molecule has 0 atom stereocenters. The van der Waals surface area contributed by atoms with Crippen LogP contribution in [0.3, 0.4) is 0 Å². The highest BCUT2D eigenvalue weighted by molar-refractivity contribution is 6.07. The first kappa shape index (κ1) is 17.1. The van der Waals surface area contributed by atoms with Gasteiger partial charge in [-0.25, -0.2) is 0 Å². The lowest BCUT2D eigenvalue weighted by Crippen LogP contribution is -2.46. The maximum atomic E-state index is 14.4. The van der Waals surface area contributed by atoms with Gasteiger partial charge in [0.1, 0.15) is 11.5 Å². The van der Waals surface area contributed by atoms with Gasteiger partial charge in [-0.2, -0.15) is 8.78 Å². The van der Waals surface area contributed by atoms with E-state index in [-0.39, 0.29) is 18.0 Å². The monoisotopic (exact) mass is 370 g/mol. The number of aromatic hydroxyl groups is 1. The van der Waals surface area contributed by atoms with Gasteiger partial charge in [0.25, 0.3) is 6.47 Å². The number of phenolic OH excluding ortho intramolecular Hbond substituents is 1. The summed E-state index contributed by atoms with van der Waals surface area (Å²) >= 11 is 0. The number of alkyl halides is 2. The molecule has 0 saturated carbocycles. The standard InChI is InChI=1S/C20H16F2N2O3/c1-23-15-8-13-14(9-16(15)24(2)20(23,21)22)19(12-6-4-3-5-7-12)18(27-11-25)10-17(13)26/h3-11,26H,1-2H3. The van der Waals surface area contributed by atoms with Gasteiger partial charge in [0.05, 0.1) is 11.4 Å². The summed E-state index contributed by atoms with van der Waals surface area (Å²) in [6.45, 7) is 0.272. The van der Waals surface area contributed by atoms with E-state index in [1.54, 1.807) is 6.07 Å². The number of hydrogen-bond acceptors (Lipinski definition) is 5. The van der Waals surface area contributed by atoms with Crippen molar-refractivity contribution in [1.29, 1.82) is 0 Å². The summed E-state index contributed by atoms with van der Waals surface area (Å²) in [4.78, 5) is 12.7. The molecule has 27 heavy (non-hydrogen) atoms. The molecule has 7 heteroatoms. The largest absolute Gasteiger partial charge is 0.507 e. The molecule has 4 rings (SSSR count). The van der Waals surface area contributed by atoms with Crippen molar-refractivity contribution in [2.45, 2.75) is 6.17 Å². The highest BCUT2D eigenvalue weighted by Crippen LogP contribution is 2.50. The fourth-order valence-corrected chi connectivity index (χ4v) is 3.50. The zero-order chi connectivity index (χ0) is 19.3. The molecule has 0 amide bonds. The number of benzene rings is 3. The van der Waals surface area contributed by atoms with E-state index in [1.165, 1.54) is 26.2 Å². The van der Waals surface area contributed by atoms with Crippen molar-refractivity contribution >= 4 is 28.6 Å². The van der Waals surface area contributed by atoms with Gasteiger partial charge in [-0.15, -0.1) is 0 Å². The van der Waals surface area contributed by atoms with Gasteiger partial charge in [-0.1, -0.05) is 30.3 Å². The van der Waals surface area contributed by atoms with Crippen molar-refractivity contribution in [3.63, 3.8) is 0 Å². The van der Waals surface area contributed by atoms with Crippen LogP contribution in [0.5, 0.6) is 11.5 Å². The fraction of sp³-hybridized carbons (Fsp3) is 0.150. The summed E-state index contributed by atoms with van der Waals surface area (Å²) in [5.41, 5.74) is 1.90. The molecule has 3 aromatic carbocycles. The molecular formula is C20H16F2N2O3. The lowest BCUT2D eigenvalue weighted by Gasteiger charge is -2.26. The highest BCUT2D eigenvalue weighted by atomic mass is 19.3. The zero-order valence-electron chi connectivity index (χ0n) is 14.6. The molecule has 0 unspecified atom stereocenters. The average molecular weight is 370 g/mol. The van der Waals surface area contributed by atoms with Crippen molar-refractivity contribution < 1.29 is 23.4 Å². The smallest absolute Gasteiger partial charge is 0.413 e. The number of hydrogen-bond donors (Lipinski definition) is 1. The zero-order valence-corrected chi connectivity index (χ0v) is 14.6. The summed E-state index contributed by atoms with van der Waals surface area (Å²) in [7, 11) is 2.61. The van der Waals surface area contributed by atoms with Gasteiger partial charge >= 0.3 is 6.17 Å². The Balaban J connectivity index is 2.10. The van der Waals surface area contributed by atoms with Crippen molar-refractivity contribution in [2.24, 2.45) is 0 Å². The number of ether oxygens (including phenoxy) is 1. The topological polar surface area (TPSA) is 53.0 Å². The molecule has 1 aliphatic rings. The molecule has 0 saturated heterocycles. The van der Waals surface area contributed by atoms with Crippen LogP contribution < -0.4 is 14.5 Å². The minimum absolute atomic E-state index is 0.155. The first-order valence-corrected chi connectivity index (χ1v) is 8.21. The van der Waals surface area contributed by atoms with E-state index in [1.807, 2.05) is 30.3 Å². The van der Waals surface area contributed by atoms with Crippen LogP contribution in [0.2, 0.25) is 0 Å². The first-order chi connectivity index (χ1) is 12.9. The Labute approximate surface area is 154 Å². The van der Waals surface area contributed by atoms with Crippen molar-refractivity contribution in [2.75, 3.05) is 23.9 Å². The lowest BCUT2D eigenvalue weighted by molar-refractivity contribution is -0.120. The number of nitrogens with zero attached hydrogens (tertiary/aromatic N) is 2. The molecule has 0 spiro atoms. The van der Waals surface area contributed by atoms with Crippen LogP contribution in [0.25, 0.3) is 21.9 Å². The van der Waals surface area contributed by atoms with Crippen LogP contribution in [-0.4, -0.2) is 31.8 Å². The number of halogens is 2. The highest BCUT2D eigenvalue weighted by Gasteiger charge is 2.48. The van der Waals surface area contributed by atoms with E-state index in [0.717, 1.165) is 15.4 Å². The molecule has 0 fully saturated rings. The Bertz CT molecular complexity index is 1050. The normalized spacial score (nSPS) is 15.1. The first-order valence-electron chi connectivity index (χ1n) is 8.21. The van der Waals surface area contributed by atoms with Crippen LogP contribution in [-0.2, 0) is 4.79 Å². The SMILES string of the molecule is CN1c2cc3c(O)cc(OC=O)c(-c4ccccc4)c3cc2N(C)C1(F)F. The minimum Gasteiger partial charge on any atom is -0.507 e. The van der Waals surface area contributed by atoms with Gasteiger partial charge < -0.3 is 9.84 Å². The third-order valence-electron chi connectivity index (χ3n) is 4.94. The third-order valence-corrected chi connectivity index (χ3v) is 4.94. The van der Waals surface area contributed by atoms with E-state index < -0.39 is 6.17 Å². The van der Waals surface area contributed by atoms with Crippen LogP contribution in [0.1, 0.15) is 0 Å². The molecule has 0 radical (unpaired) electrons. The van der Waals surface area contributed by atoms with E-state index in [2.05, 4.69) is 0 Å². The summed E-state index contributed by atoms with van der Waals surface area (Å²) in [6.07, 6.45) is -3.19. The molecule has 0 aromatic heterocycles. The van der Waals surface area contributed by atoms with Gasteiger partial charge in [-0.05, 0) is 23.1 Å². The third kappa shape index (κ3) is 2.38. The summed E-state index contributed by atoms with van der Waals surface area (Å²) in [6, 6.07) is 13.6. The maximum absolute atomic E-state index is 14.4. The van der Waals surface area contributed by atoms with Crippen LogP contribution in [0.4, 0.5) is 20.2 Å². The fourth-order valence-electron chi connectivity index (χ4n) is 3.50. The quantitative estimate of drug-likeness (QED) is 0.554. The molecule has 138 valence electrons. The second-order valence-corrected chi connectivity index (χ2v) is 6.36. The van der Waals surface area contributed by atoms with E-state index >= 15 is 0 Å². The Kier molecular flexibility index (Phi) is 3.69. The lowest BCUT2D eigenvalue weighted by atomic mass is 9.95. The van der Waals surface area contributed by atoms with Gasteiger partial charge in [-0.3, -0.25) is 14.6 Å². The second-order valence-electron chi connectivity index (χ2n) is 6.36. The molecule has 1 heterocycles. The van der Waals surface area contributed by atoms with Crippen LogP contribution in [0, 0.1) is 0 Å². The number of rotatable bonds is 3. The number of fused-ring (bicyclic) bond motifs is 2. The van der Waals surface area contributed by atoms with Gasteiger partial charge in [0.2, 0.25) is 0 Å². The Morgan fingerprint density at radius 3 is 2.19 bits per heavy atom. The molecule has 1 aliphatic heterocycles. The molecular weight excluding hydrogens is 354 g/mol. The van der Waals surface area contributed by atoms with Crippen molar-refractivity contribution in [3.8, 4) is 22.6 Å². The van der Waals surface area contributed by atoms with Crippen molar-refractivity contribution in [3.05, 3.63) is 48.5 Å². The summed E-state index contributed by atoms with van der Waals surface area (Å²) in [5.74, 6) is -0.00230. The maximum Gasteiger partial charge on any atom is 0.413 e. The molecule has 3 aromatic rings. The number of phenols is 1. The van der Waals surface area contributed by atoms with E-state index in [9.17, 15) is 18.7 Å². The Morgan fingerprint density at radius 2 is 1.59 bits per heavy atom. The molecule has 1 N–H and O–H groups in total. The predicted octanol–water partition coefficient (Wildman–Crippen LogP) is 4.18. The molecule has 5 nitrogen and oxygen atoms in total. The summed E-state index contributed by atoms with van der Waals surface area (Å²) in [5, 5.41) is 11.3. The van der Waals surface area contributed by atoms with Gasteiger partial charge in [0.15, 0.2) is 0 Å². The van der Waals surface area contributed by atoms with Gasteiger partial charge in [0, 0.05) is 31.1 Å². The average Bonchev–Trinajstić information content (AvgIpc) is 2.82. The van der Waals surface area contributed by atoms with E-state index in [0.29, 0.717) is 27.7 Å². The number of carbonyl (C=O) groups excluding carboxylic acids is 1. The summed E-state index contributed by atoms with van der Waals surface area (Å²) < 4.78 is 33.9. The molecule has 0 aliphatic carbocycles. The predicted molar refractivity (Wildman–Crippen MR) is 99.5 cm³/mol. The Hall–Kier alpha value is -3.35. The number of carbonyl (C=O) groups is 1. The van der Waals surface area contributed by atoms with Crippen LogP contribution in [0.15, 0.2) is 48.5 Å². The van der Waals surface area contributed by atoms with Crippen molar-refractivity contribution in [1.82, 2.24) is 0 Å². The second kappa shape index (κ2) is 5.84.